The molecule has 0 aromatic heterocycles. The fraction of sp³-hybridized carbons (Fsp3) is 0.625. The molecule has 19 heavy (non-hydrogen) atoms. The molecule has 3 nitrogen and oxygen atoms in total. The highest BCUT2D eigenvalue weighted by molar-refractivity contribution is 5.51. The molecular formula is C16H27NO2. The van der Waals surface area contributed by atoms with Crippen LogP contribution in [-0.4, -0.2) is 37.8 Å². The number of nitrogens with zero attached hydrogens (tertiary/aromatic N) is 1. The quantitative estimate of drug-likeness (QED) is 0.858. The van der Waals surface area contributed by atoms with Gasteiger partial charge in [-0.15, -0.1) is 0 Å². The number of hydrogen-bond donors (Lipinski definition) is 1. The first-order valence-electron chi connectivity index (χ1n) is 6.86. The van der Waals surface area contributed by atoms with Gasteiger partial charge in [-0.05, 0) is 64.4 Å². The largest absolute Gasteiger partial charge is 0.496 e. The monoisotopic (exact) mass is 265 g/mol. The number of methoxy groups -OCH3 is 1. The van der Waals surface area contributed by atoms with E-state index in [9.17, 15) is 0 Å². The summed E-state index contributed by atoms with van der Waals surface area (Å²) < 4.78 is 5.66. The third-order valence-corrected chi connectivity index (χ3v) is 3.83. The van der Waals surface area contributed by atoms with Gasteiger partial charge in [0.2, 0.25) is 0 Å². The summed E-state index contributed by atoms with van der Waals surface area (Å²) >= 11 is 0. The Morgan fingerprint density at radius 2 is 1.84 bits per heavy atom. The van der Waals surface area contributed by atoms with E-state index in [1.165, 1.54) is 22.3 Å². The Hall–Kier alpha value is -1.06. The lowest BCUT2D eigenvalue weighted by Gasteiger charge is -2.29. The maximum atomic E-state index is 9.09. The maximum Gasteiger partial charge on any atom is 0.127 e. The van der Waals surface area contributed by atoms with E-state index in [4.69, 9.17) is 9.84 Å². The zero-order valence-corrected chi connectivity index (χ0v) is 13.1. The third kappa shape index (κ3) is 3.48. The highest BCUT2D eigenvalue weighted by atomic mass is 16.5. The summed E-state index contributed by atoms with van der Waals surface area (Å²) in [6.07, 6.45) is 1.74. The Labute approximate surface area is 117 Å². The highest BCUT2D eigenvalue weighted by Gasteiger charge is 2.22. The maximum absolute atomic E-state index is 9.09. The van der Waals surface area contributed by atoms with Crippen LogP contribution in [0.1, 0.15) is 41.1 Å². The average Bonchev–Trinajstić information content (AvgIpc) is 2.35. The smallest absolute Gasteiger partial charge is 0.127 e. The lowest BCUT2D eigenvalue weighted by molar-refractivity contribution is 0.231. The van der Waals surface area contributed by atoms with Crippen LogP contribution in [0.5, 0.6) is 5.75 Å². The molecule has 0 amide bonds. The third-order valence-electron chi connectivity index (χ3n) is 3.83. The van der Waals surface area contributed by atoms with Gasteiger partial charge in [0.25, 0.3) is 0 Å². The molecule has 1 rings (SSSR count). The van der Waals surface area contributed by atoms with E-state index in [1.807, 2.05) is 0 Å². The van der Waals surface area contributed by atoms with E-state index in [1.54, 1.807) is 7.11 Å². The van der Waals surface area contributed by atoms with Gasteiger partial charge >= 0.3 is 0 Å². The van der Waals surface area contributed by atoms with Crippen molar-refractivity contribution in [1.29, 1.82) is 0 Å². The number of aryl methyl sites for hydroxylation is 2. The van der Waals surface area contributed by atoms with Crippen LogP contribution in [-0.2, 0) is 0 Å². The first-order valence-corrected chi connectivity index (χ1v) is 6.86. The van der Waals surface area contributed by atoms with E-state index >= 15 is 0 Å². The molecular weight excluding hydrogens is 238 g/mol. The van der Waals surface area contributed by atoms with Crippen molar-refractivity contribution in [1.82, 2.24) is 4.90 Å². The zero-order valence-electron chi connectivity index (χ0n) is 13.1. The number of aliphatic hydroxyl groups is 1. The van der Waals surface area contributed by atoms with Crippen LogP contribution in [0.3, 0.4) is 0 Å². The van der Waals surface area contributed by atoms with Gasteiger partial charge in [-0.1, -0.05) is 6.07 Å². The predicted octanol–water partition coefficient (Wildman–Crippen LogP) is 3.00. The predicted molar refractivity (Wildman–Crippen MR) is 80.0 cm³/mol. The van der Waals surface area contributed by atoms with Crippen molar-refractivity contribution in [2.75, 3.05) is 27.8 Å². The van der Waals surface area contributed by atoms with Gasteiger partial charge in [-0.25, -0.2) is 0 Å². The molecule has 3 heteroatoms. The number of rotatable bonds is 6. The van der Waals surface area contributed by atoms with Gasteiger partial charge < -0.3 is 14.7 Å². The van der Waals surface area contributed by atoms with Crippen molar-refractivity contribution >= 4 is 0 Å². The molecule has 0 aliphatic carbocycles. The van der Waals surface area contributed by atoms with Crippen LogP contribution in [0, 0.1) is 20.8 Å². The summed E-state index contributed by atoms with van der Waals surface area (Å²) in [5, 5.41) is 9.09. The molecule has 0 saturated heterocycles. The highest BCUT2D eigenvalue weighted by Crippen LogP contribution is 2.37. The topological polar surface area (TPSA) is 32.7 Å². The Balaban J connectivity index is 3.32. The molecule has 108 valence electrons. The normalized spacial score (nSPS) is 12.8. The molecule has 1 aromatic carbocycles. The molecule has 0 heterocycles. The number of aliphatic hydroxyl groups excluding tert-OH is 1. The van der Waals surface area contributed by atoms with Crippen molar-refractivity contribution in [2.24, 2.45) is 0 Å². The lowest BCUT2D eigenvalue weighted by Crippen LogP contribution is -2.22. The molecule has 1 atom stereocenters. The summed E-state index contributed by atoms with van der Waals surface area (Å²) in [5.41, 5.74) is 4.98. The first-order chi connectivity index (χ1) is 8.93. The van der Waals surface area contributed by atoms with Crippen molar-refractivity contribution < 1.29 is 9.84 Å². The Bertz CT molecular complexity index is 427. The van der Waals surface area contributed by atoms with Gasteiger partial charge in [0.15, 0.2) is 0 Å². The van der Waals surface area contributed by atoms with Gasteiger partial charge in [0, 0.05) is 18.2 Å². The number of hydrogen-bond acceptors (Lipinski definition) is 3. The van der Waals surface area contributed by atoms with Gasteiger partial charge in [0.1, 0.15) is 5.75 Å². The van der Waals surface area contributed by atoms with Crippen LogP contribution in [0.25, 0.3) is 0 Å². The van der Waals surface area contributed by atoms with Gasteiger partial charge in [-0.3, -0.25) is 0 Å². The van der Waals surface area contributed by atoms with E-state index in [0.717, 1.165) is 18.6 Å². The molecule has 0 fully saturated rings. The second kappa shape index (κ2) is 6.92. The van der Waals surface area contributed by atoms with E-state index < -0.39 is 0 Å². The van der Waals surface area contributed by atoms with E-state index in [-0.39, 0.29) is 12.6 Å². The minimum atomic E-state index is 0.233. The summed E-state index contributed by atoms with van der Waals surface area (Å²) in [5.74, 6) is 0.995. The van der Waals surface area contributed by atoms with Crippen molar-refractivity contribution in [3.05, 3.63) is 28.3 Å². The van der Waals surface area contributed by atoms with Crippen molar-refractivity contribution in [3.8, 4) is 5.75 Å². The van der Waals surface area contributed by atoms with Crippen LogP contribution in [0.4, 0.5) is 0 Å². The minimum Gasteiger partial charge on any atom is -0.496 e. The molecule has 1 unspecified atom stereocenters. The van der Waals surface area contributed by atoms with Gasteiger partial charge in [-0.2, -0.15) is 0 Å². The van der Waals surface area contributed by atoms with Crippen molar-refractivity contribution in [3.63, 3.8) is 0 Å². The van der Waals surface area contributed by atoms with E-state index in [0.29, 0.717) is 0 Å². The molecule has 0 saturated carbocycles. The van der Waals surface area contributed by atoms with Crippen LogP contribution in [0.15, 0.2) is 6.07 Å². The molecule has 0 spiro atoms. The summed E-state index contributed by atoms with van der Waals surface area (Å²) in [7, 11) is 5.90. The van der Waals surface area contributed by atoms with Gasteiger partial charge in [0.05, 0.1) is 7.11 Å². The fourth-order valence-electron chi connectivity index (χ4n) is 2.69. The number of benzene rings is 1. The fourth-order valence-corrected chi connectivity index (χ4v) is 2.69. The SMILES string of the molecule is COc1c(C)c(C)cc(C)c1C(CCCO)N(C)C. The number of ether oxygens (including phenoxy) is 1. The Morgan fingerprint density at radius 3 is 2.32 bits per heavy atom. The summed E-state index contributed by atoms with van der Waals surface area (Å²) in [6.45, 7) is 6.60. The molecule has 0 aliphatic heterocycles. The lowest BCUT2D eigenvalue weighted by atomic mass is 9.91. The summed E-state index contributed by atoms with van der Waals surface area (Å²) in [6, 6.07) is 2.50. The molecule has 0 bridgehead atoms. The standard InChI is InChI=1S/C16H27NO2/c1-11-10-12(2)15(16(19-6)13(11)3)14(17(4)5)8-7-9-18/h10,14,18H,7-9H2,1-6H3. The van der Waals surface area contributed by atoms with Crippen molar-refractivity contribution in [2.45, 2.75) is 39.7 Å². The molecule has 0 aliphatic rings. The second-order valence-corrected chi connectivity index (χ2v) is 5.43. The Kier molecular flexibility index (Phi) is 5.83. The average molecular weight is 265 g/mol. The van der Waals surface area contributed by atoms with Crippen LogP contribution >= 0.6 is 0 Å². The van der Waals surface area contributed by atoms with E-state index in [2.05, 4.69) is 45.8 Å². The van der Waals surface area contributed by atoms with Crippen LogP contribution in [0.2, 0.25) is 0 Å². The first kappa shape index (κ1) is 16.0. The molecule has 1 N–H and O–H groups in total. The Morgan fingerprint density at radius 1 is 1.21 bits per heavy atom. The summed E-state index contributed by atoms with van der Waals surface area (Å²) in [4.78, 5) is 2.20. The van der Waals surface area contributed by atoms with Crippen LogP contribution < -0.4 is 4.74 Å². The zero-order chi connectivity index (χ0) is 14.6. The minimum absolute atomic E-state index is 0.233. The second-order valence-electron chi connectivity index (χ2n) is 5.43. The molecule has 0 radical (unpaired) electrons. The molecule has 1 aromatic rings.